The number of hydroxylamine groups is 2. The van der Waals surface area contributed by atoms with Gasteiger partial charge in [0.1, 0.15) is 0 Å². The van der Waals surface area contributed by atoms with E-state index in [1.54, 1.807) is 0 Å². The first-order valence-corrected chi connectivity index (χ1v) is 10.6. The molecule has 0 saturated carbocycles. The molecule has 0 aromatic heterocycles. The highest BCUT2D eigenvalue weighted by Gasteiger charge is 2.45. The molecule has 0 bridgehead atoms. The van der Waals surface area contributed by atoms with Gasteiger partial charge >= 0.3 is 0 Å². The molecule has 2 rings (SSSR count). The lowest BCUT2D eigenvalue weighted by molar-refractivity contribution is -0.245. The molecule has 0 unspecified atom stereocenters. The molecule has 0 radical (unpaired) electrons. The van der Waals surface area contributed by atoms with Gasteiger partial charge in [-0.25, -0.2) is 0 Å². The molecule has 1 aromatic rings. The van der Waals surface area contributed by atoms with Crippen molar-refractivity contribution in [2.24, 2.45) is 0 Å². The van der Waals surface area contributed by atoms with Crippen molar-refractivity contribution in [2.75, 3.05) is 0 Å². The maximum Gasteiger partial charge on any atom is 0.252 e. The lowest BCUT2D eigenvalue weighted by Crippen LogP contribution is -2.63. The standard InChI is InChI=1S/C16H21I3N2O2/c1-15(2)7-10(8-16(3,4)21(15)23)20-14(22)11-5-9(17)6-12(18)13(11)19/h5-6,10,23H,7-8H2,1-4H3,(H,20,22). The predicted octanol–water partition coefficient (Wildman–Crippen LogP) is 4.64. The molecule has 1 aliphatic rings. The number of nitrogens with zero attached hydrogens (tertiary/aromatic N) is 1. The van der Waals surface area contributed by atoms with Gasteiger partial charge in [0.15, 0.2) is 0 Å². The summed E-state index contributed by atoms with van der Waals surface area (Å²) in [6.45, 7) is 8.02. The summed E-state index contributed by atoms with van der Waals surface area (Å²) in [5.41, 5.74) is -0.0115. The van der Waals surface area contributed by atoms with E-state index in [0.29, 0.717) is 0 Å². The van der Waals surface area contributed by atoms with E-state index in [0.717, 1.165) is 29.1 Å². The summed E-state index contributed by atoms with van der Waals surface area (Å²) in [6, 6.07) is 4.04. The molecule has 128 valence electrons. The second kappa shape index (κ2) is 7.20. The Labute approximate surface area is 178 Å². The molecule has 2 N–H and O–H groups in total. The Bertz CT molecular complexity index is 614. The number of benzene rings is 1. The van der Waals surface area contributed by atoms with Crippen LogP contribution in [0.2, 0.25) is 0 Å². The molecule has 1 aromatic carbocycles. The fourth-order valence-corrected chi connectivity index (χ4v) is 5.76. The first kappa shape index (κ1) is 20.1. The average molecular weight is 654 g/mol. The van der Waals surface area contributed by atoms with Crippen LogP contribution in [0.25, 0.3) is 0 Å². The smallest absolute Gasteiger partial charge is 0.252 e. The Morgan fingerprint density at radius 3 is 2.22 bits per heavy atom. The van der Waals surface area contributed by atoms with Gasteiger partial charge in [0.25, 0.3) is 5.91 Å². The van der Waals surface area contributed by atoms with Crippen molar-refractivity contribution in [3.05, 3.63) is 28.4 Å². The van der Waals surface area contributed by atoms with Crippen LogP contribution in [0.3, 0.4) is 0 Å². The van der Waals surface area contributed by atoms with E-state index >= 15 is 0 Å². The zero-order valence-electron chi connectivity index (χ0n) is 13.6. The van der Waals surface area contributed by atoms with Crippen molar-refractivity contribution in [2.45, 2.75) is 57.7 Å². The third-order valence-corrected chi connectivity index (χ3v) is 7.88. The molecule has 0 aliphatic carbocycles. The number of carbonyl (C=O) groups excluding carboxylic acids is 1. The average Bonchev–Trinajstić information content (AvgIpc) is 2.39. The fourth-order valence-electron chi connectivity index (χ4n) is 3.36. The van der Waals surface area contributed by atoms with Gasteiger partial charge in [0.05, 0.1) is 5.56 Å². The van der Waals surface area contributed by atoms with Crippen LogP contribution in [0.4, 0.5) is 0 Å². The van der Waals surface area contributed by atoms with Gasteiger partial charge < -0.3 is 10.5 Å². The second-order valence-corrected chi connectivity index (χ2v) is 10.8. The van der Waals surface area contributed by atoms with Gasteiger partial charge in [-0.2, -0.15) is 5.06 Å². The molecule has 0 spiro atoms. The van der Waals surface area contributed by atoms with E-state index in [1.165, 1.54) is 5.06 Å². The van der Waals surface area contributed by atoms with Crippen molar-refractivity contribution in [3.63, 3.8) is 0 Å². The third-order valence-electron chi connectivity index (χ3n) is 4.21. The Morgan fingerprint density at radius 2 is 1.70 bits per heavy atom. The highest BCUT2D eigenvalue weighted by molar-refractivity contribution is 14.1. The number of hydrogen-bond donors (Lipinski definition) is 2. The van der Waals surface area contributed by atoms with Gasteiger partial charge in [0.2, 0.25) is 0 Å². The van der Waals surface area contributed by atoms with Crippen LogP contribution in [-0.2, 0) is 0 Å². The number of carbonyl (C=O) groups is 1. The summed E-state index contributed by atoms with van der Waals surface area (Å²) in [7, 11) is 0. The molecule has 1 heterocycles. The maximum atomic E-state index is 12.7. The van der Waals surface area contributed by atoms with Crippen molar-refractivity contribution in [1.29, 1.82) is 0 Å². The van der Waals surface area contributed by atoms with Crippen LogP contribution in [-0.4, -0.2) is 33.3 Å². The summed E-state index contributed by atoms with van der Waals surface area (Å²) in [4.78, 5) is 12.7. The van der Waals surface area contributed by atoms with Gasteiger partial charge in [-0.15, -0.1) is 0 Å². The molecule has 1 fully saturated rings. The van der Waals surface area contributed by atoms with Crippen molar-refractivity contribution in [3.8, 4) is 0 Å². The highest BCUT2D eigenvalue weighted by atomic mass is 127. The number of nitrogens with one attached hydrogen (secondary N) is 1. The predicted molar refractivity (Wildman–Crippen MR) is 117 cm³/mol. The molecule has 4 nitrogen and oxygen atoms in total. The normalized spacial score (nSPS) is 21.2. The maximum absolute atomic E-state index is 12.7. The Hall–Kier alpha value is 0.800. The SMILES string of the molecule is CC1(C)CC(NC(=O)c2cc(I)cc(I)c2I)CC(C)(C)N1O. The van der Waals surface area contributed by atoms with E-state index in [2.05, 4.69) is 79.2 Å². The quantitative estimate of drug-likeness (QED) is 0.362. The van der Waals surface area contributed by atoms with Crippen molar-refractivity contribution >= 4 is 73.7 Å². The molecule has 7 heteroatoms. The van der Waals surface area contributed by atoms with Gasteiger partial charge in [-0.3, -0.25) is 4.79 Å². The summed E-state index contributed by atoms with van der Waals surface area (Å²) >= 11 is 6.73. The van der Waals surface area contributed by atoms with Crippen LogP contribution in [0.1, 0.15) is 50.9 Å². The van der Waals surface area contributed by atoms with E-state index in [9.17, 15) is 10.0 Å². The van der Waals surface area contributed by atoms with Crippen LogP contribution in [0.5, 0.6) is 0 Å². The molecule has 1 aliphatic heterocycles. The molecular weight excluding hydrogens is 633 g/mol. The molecule has 0 atom stereocenters. The van der Waals surface area contributed by atoms with Crippen LogP contribution >= 0.6 is 67.8 Å². The Kier molecular flexibility index (Phi) is 6.30. The molecule has 23 heavy (non-hydrogen) atoms. The molecule has 1 saturated heterocycles. The number of hydrogen-bond acceptors (Lipinski definition) is 3. The summed E-state index contributed by atoms with van der Waals surface area (Å²) < 4.78 is 3.13. The van der Waals surface area contributed by atoms with Gasteiger partial charge in [-0.1, -0.05) is 0 Å². The molecular formula is C16H21I3N2O2. The van der Waals surface area contributed by atoms with Crippen molar-refractivity contribution in [1.82, 2.24) is 10.4 Å². The Balaban J connectivity index is 2.21. The largest absolute Gasteiger partial charge is 0.349 e. The Morgan fingerprint density at radius 1 is 1.17 bits per heavy atom. The van der Waals surface area contributed by atoms with Crippen molar-refractivity contribution < 1.29 is 10.0 Å². The first-order chi connectivity index (χ1) is 10.4. The summed E-state index contributed by atoms with van der Waals surface area (Å²) in [5, 5.41) is 15.0. The third kappa shape index (κ3) is 4.50. The number of amides is 1. The number of halogens is 3. The minimum absolute atomic E-state index is 0.0335. The monoisotopic (exact) mass is 654 g/mol. The highest BCUT2D eigenvalue weighted by Crippen LogP contribution is 2.36. The summed E-state index contributed by atoms with van der Waals surface area (Å²) in [5.74, 6) is -0.0335. The number of rotatable bonds is 2. The van der Waals surface area contributed by atoms with E-state index in [-0.39, 0.29) is 23.0 Å². The topological polar surface area (TPSA) is 52.6 Å². The molecule has 1 amide bonds. The minimum atomic E-state index is -0.369. The van der Waals surface area contributed by atoms with E-state index < -0.39 is 0 Å². The zero-order chi connectivity index (χ0) is 17.6. The summed E-state index contributed by atoms with van der Waals surface area (Å²) in [6.07, 6.45) is 1.44. The first-order valence-electron chi connectivity index (χ1n) is 7.39. The zero-order valence-corrected chi connectivity index (χ0v) is 20.1. The van der Waals surface area contributed by atoms with E-state index in [1.807, 2.05) is 33.8 Å². The second-order valence-electron chi connectivity index (χ2n) is 7.26. The van der Waals surface area contributed by atoms with Crippen LogP contribution in [0.15, 0.2) is 12.1 Å². The van der Waals surface area contributed by atoms with Crippen LogP contribution < -0.4 is 5.32 Å². The van der Waals surface area contributed by atoms with Gasteiger partial charge in [-0.05, 0) is 120 Å². The lowest BCUT2D eigenvalue weighted by atomic mass is 9.79. The minimum Gasteiger partial charge on any atom is -0.349 e. The fraction of sp³-hybridized carbons (Fsp3) is 0.562. The lowest BCUT2D eigenvalue weighted by Gasteiger charge is -2.51. The van der Waals surface area contributed by atoms with Gasteiger partial charge in [0, 0.05) is 27.8 Å². The number of piperidine rings is 1. The van der Waals surface area contributed by atoms with E-state index in [4.69, 9.17) is 0 Å². The van der Waals surface area contributed by atoms with Crippen LogP contribution in [0, 0.1) is 10.7 Å².